The number of hydrogen-bond acceptors (Lipinski definition) is 4. The average Bonchev–Trinajstić information content (AvgIpc) is 2.36. The summed E-state index contributed by atoms with van der Waals surface area (Å²) in [6.45, 7) is 12.9. The summed E-state index contributed by atoms with van der Waals surface area (Å²) >= 11 is 3.55. The van der Waals surface area contributed by atoms with E-state index >= 15 is 0 Å². The number of carbonyl (C=O) groups is 1. The highest BCUT2D eigenvalue weighted by Gasteiger charge is 2.25. The number of rotatable bonds is 6. The summed E-state index contributed by atoms with van der Waals surface area (Å²) in [5.74, 6) is 1.57. The van der Waals surface area contributed by atoms with Crippen LogP contribution >= 0.6 is 23.5 Å². The third-order valence-electron chi connectivity index (χ3n) is 3.00. The van der Waals surface area contributed by atoms with Crippen LogP contribution in [0.4, 0.5) is 4.79 Å². The molecule has 23 heavy (non-hydrogen) atoms. The molecule has 4 nitrogen and oxygen atoms in total. The van der Waals surface area contributed by atoms with Crippen LogP contribution in [-0.2, 0) is 5.75 Å². The van der Waals surface area contributed by atoms with E-state index in [0.717, 1.165) is 17.2 Å². The summed E-state index contributed by atoms with van der Waals surface area (Å²) < 4.78 is 0.148. The molecule has 1 aromatic rings. The van der Waals surface area contributed by atoms with Crippen molar-refractivity contribution >= 4 is 29.6 Å². The molecule has 1 amide bonds. The van der Waals surface area contributed by atoms with E-state index in [1.807, 2.05) is 44.8 Å². The lowest BCUT2D eigenvalue weighted by Crippen LogP contribution is -2.46. The van der Waals surface area contributed by atoms with Crippen molar-refractivity contribution in [3.05, 3.63) is 24.0 Å². The van der Waals surface area contributed by atoms with Crippen molar-refractivity contribution in [2.24, 2.45) is 0 Å². The molecule has 0 saturated carbocycles. The van der Waals surface area contributed by atoms with Gasteiger partial charge in [-0.25, -0.2) is 4.79 Å². The maximum absolute atomic E-state index is 11.3. The first-order valence-corrected chi connectivity index (χ1v) is 9.69. The van der Waals surface area contributed by atoms with Crippen molar-refractivity contribution in [2.45, 2.75) is 62.5 Å². The summed E-state index contributed by atoms with van der Waals surface area (Å²) in [6, 6.07) is 4.07. The largest absolute Gasteiger partial charge is 0.465 e. The molecule has 0 aliphatic rings. The van der Waals surface area contributed by atoms with E-state index in [4.69, 9.17) is 0 Å². The van der Waals surface area contributed by atoms with E-state index in [-0.39, 0.29) is 10.3 Å². The highest BCUT2D eigenvalue weighted by atomic mass is 32.2. The quantitative estimate of drug-likeness (QED) is 0.575. The van der Waals surface area contributed by atoms with Gasteiger partial charge in [-0.1, -0.05) is 20.8 Å². The van der Waals surface area contributed by atoms with E-state index in [9.17, 15) is 9.90 Å². The van der Waals surface area contributed by atoms with Crippen LogP contribution in [0, 0.1) is 0 Å². The zero-order chi connectivity index (χ0) is 17.7. The van der Waals surface area contributed by atoms with Crippen LogP contribution in [0.2, 0.25) is 0 Å². The summed E-state index contributed by atoms with van der Waals surface area (Å²) in [5.41, 5.74) is 0.708. The lowest BCUT2D eigenvalue weighted by Gasteiger charge is -2.33. The Hall–Kier alpha value is -0.880. The van der Waals surface area contributed by atoms with Gasteiger partial charge in [0.1, 0.15) is 0 Å². The van der Waals surface area contributed by atoms with Crippen LogP contribution in [0.1, 0.15) is 47.2 Å². The Balaban J connectivity index is 2.58. The van der Waals surface area contributed by atoms with Crippen LogP contribution in [0.3, 0.4) is 0 Å². The molecule has 0 unspecified atom stereocenters. The van der Waals surface area contributed by atoms with Crippen molar-refractivity contribution in [3.63, 3.8) is 0 Å². The Labute approximate surface area is 148 Å². The minimum absolute atomic E-state index is 0.148. The van der Waals surface area contributed by atoms with Crippen LogP contribution in [0.15, 0.2) is 23.2 Å². The lowest BCUT2D eigenvalue weighted by atomic mass is 10.1. The smallest absolute Gasteiger partial charge is 0.407 e. The third-order valence-corrected chi connectivity index (χ3v) is 5.16. The fraction of sp³-hybridized carbons (Fsp3) is 0.647. The van der Waals surface area contributed by atoms with Crippen molar-refractivity contribution in [3.8, 4) is 0 Å². The zero-order valence-corrected chi connectivity index (χ0v) is 16.6. The fourth-order valence-corrected chi connectivity index (χ4v) is 4.02. The SMILES string of the molecule is CC(C)(C)Sc1cccnc1CSCCN(C(=O)O)C(C)(C)C. The molecular weight excluding hydrogens is 328 g/mol. The van der Waals surface area contributed by atoms with E-state index < -0.39 is 6.09 Å². The van der Waals surface area contributed by atoms with Gasteiger partial charge in [0.2, 0.25) is 0 Å². The number of aromatic nitrogens is 1. The Morgan fingerprint density at radius 3 is 2.43 bits per heavy atom. The van der Waals surface area contributed by atoms with Crippen LogP contribution in [0.25, 0.3) is 0 Å². The van der Waals surface area contributed by atoms with Crippen molar-refractivity contribution in [1.29, 1.82) is 0 Å². The maximum Gasteiger partial charge on any atom is 0.407 e. The average molecular weight is 357 g/mol. The molecule has 0 spiro atoms. The van der Waals surface area contributed by atoms with Crippen LogP contribution in [-0.4, -0.2) is 43.7 Å². The Bertz CT molecular complexity index is 522. The standard InChI is InChI=1S/C17H28N2O2S2/c1-16(2,3)19(15(20)21)10-11-22-12-13-14(8-7-9-18-13)23-17(4,5)6/h7-9H,10-12H2,1-6H3,(H,20,21). The van der Waals surface area contributed by atoms with Gasteiger partial charge in [0, 0.05) is 39.4 Å². The van der Waals surface area contributed by atoms with Gasteiger partial charge in [-0.05, 0) is 32.9 Å². The minimum atomic E-state index is -0.861. The number of nitrogens with zero attached hydrogens (tertiary/aromatic N) is 2. The van der Waals surface area contributed by atoms with Gasteiger partial charge in [0.05, 0.1) is 5.69 Å². The Kier molecular flexibility index (Phi) is 7.27. The second-order valence-corrected chi connectivity index (χ2v) is 10.3. The molecular formula is C17H28N2O2S2. The molecule has 0 atom stereocenters. The van der Waals surface area contributed by atoms with Crippen molar-refractivity contribution in [1.82, 2.24) is 9.88 Å². The molecule has 0 aromatic carbocycles. The number of carboxylic acid groups (broad SMARTS) is 1. The van der Waals surface area contributed by atoms with E-state index in [2.05, 4.69) is 31.8 Å². The van der Waals surface area contributed by atoms with Crippen LogP contribution in [0.5, 0.6) is 0 Å². The van der Waals surface area contributed by atoms with Gasteiger partial charge in [0.15, 0.2) is 0 Å². The molecule has 1 aromatic heterocycles. The first-order chi connectivity index (χ1) is 10.5. The fourth-order valence-electron chi connectivity index (χ4n) is 2.00. The number of pyridine rings is 1. The first kappa shape index (κ1) is 20.2. The molecule has 1 heterocycles. The summed E-state index contributed by atoms with van der Waals surface area (Å²) in [5, 5.41) is 9.30. The molecule has 0 radical (unpaired) electrons. The van der Waals surface area contributed by atoms with Gasteiger partial charge < -0.3 is 10.0 Å². The number of amides is 1. The Morgan fingerprint density at radius 1 is 1.26 bits per heavy atom. The molecule has 0 aliphatic heterocycles. The molecule has 6 heteroatoms. The third kappa shape index (κ3) is 7.48. The monoisotopic (exact) mass is 356 g/mol. The maximum atomic E-state index is 11.3. The number of thioether (sulfide) groups is 2. The molecule has 0 aliphatic carbocycles. The molecule has 1 N–H and O–H groups in total. The molecule has 130 valence electrons. The normalized spacial score (nSPS) is 12.3. The van der Waals surface area contributed by atoms with Gasteiger partial charge >= 0.3 is 6.09 Å². The highest BCUT2D eigenvalue weighted by molar-refractivity contribution is 8.01. The summed E-state index contributed by atoms with van der Waals surface area (Å²) in [7, 11) is 0. The van der Waals surface area contributed by atoms with Gasteiger partial charge in [0.25, 0.3) is 0 Å². The van der Waals surface area contributed by atoms with E-state index in [1.165, 1.54) is 9.80 Å². The Morgan fingerprint density at radius 2 is 1.91 bits per heavy atom. The highest BCUT2D eigenvalue weighted by Crippen LogP contribution is 2.34. The lowest BCUT2D eigenvalue weighted by molar-refractivity contribution is 0.105. The summed E-state index contributed by atoms with van der Waals surface area (Å²) in [6.07, 6.45) is 0.960. The second-order valence-electron chi connectivity index (χ2n) is 7.32. The van der Waals surface area contributed by atoms with E-state index in [1.54, 1.807) is 11.8 Å². The molecule has 0 fully saturated rings. The van der Waals surface area contributed by atoms with Gasteiger partial charge in [-0.3, -0.25) is 4.98 Å². The molecule has 0 bridgehead atoms. The van der Waals surface area contributed by atoms with E-state index in [0.29, 0.717) is 6.54 Å². The van der Waals surface area contributed by atoms with Crippen LogP contribution < -0.4 is 0 Å². The number of hydrogen-bond donors (Lipinski definition) is 1. The van der Waals surface area contributed by atoms with Gasteiger partial charge in [-0.15, -0.1) is 11.8 Å². The molecule has 0 saturated heterocycles. The zero-order valence-electron chi connectivity index (χ0n) is 14.9. The molecule has 1 rings (SSSR count). The van der Waals surface area contributed by atoms with Gasteiger partial charge in [-0.2, -0.15) is 11.8 Å². The predicted molar refractivity (Wildman–Crippen MR) is 100 cm³/mol. The predicted octanol–water partition coefficient (Wildman–Crippen LogP) is 4.98. The minimum Gasteiger partial charge on any atom is -0.465 e. The van der Waals surface area contributed by atoms with Crippen molar-refractivity contribution < 1.29 is 9.90 Å². The van der Waals surface area contributed by atoms with Crippen molar-refractivity contribution in [2.75, 3.05) is 12.3 Å². The topological polar surface area (TPSA) is 53.4 Å². The second kappa shape index (κ2) is 8.29. The summed E-state index contributed by atoms with van der Waals surface area (Å²) in [4.78, 5) is 18.5. The first-order valence-electron chi connectivity index (χ1n) is 7.72.